The molecule has 3 rings (SSSR count). The highest BCUT2D eigenvalue weighted by Gasteiger charge is 2.22. The summed E-state index contributed by atoms with van der Waals surface area (Å²) in [6, 6.07) is 16.7. The molecule has 0 radical (unpaired) electrons. The van der Waals surface area contributed by atoms with Crippen LogP contribution in [0.1, 0.15) is 45.3 Å². The lowest BCUT2D eigenvalue weighted by Gasteiger charge is -2.19. The van der Waals surface area contributed by atoms with Crippen LogP contribution >= 0.6 is 11.6 Å². The summed E-state index contributed by atoms with van der Waals surface area (Å²) in [6.45, 7) is 2.79. The third-order valence-corrected chi connectivity index (χ3v) is 5.44. The highest BCUT2D eigenvalue weighted by molar-refractivity contribution is 6.33. The molecule has 1 heterocycles. The molecule has 1 aromatic heterocycles. The largest absolute Gasteiger partial charge is 0.455 e. The molecule has 8 nitrogen and oxygen atoms in total. The number of nitrogens with one attached hydrogen (secondary N) is 2. The van der Waals surface area contributed by atoms with Crippen molar-refractivity contribution in [3.8, 4) is 6.07 Å². The van der Waals surface area contributed by atoms with Crippen molar-refractivity contribution in [3.63, 3.8) is 0 Å². The molecule has 2 amide bonds. The predicted octanol–water partition coefficient (Wildman–Crippen LogP) is 4.46. The number of amides is 2. The maximum atomic E-state index is 12.7. The average Bonchev–Trinajstić information content (AvgIpc) is 3.10. The number of hydrogen-bond donors (Lipinski definition) is 2. The number of aryl methyl sites for hydroxylation is 1. The number of nitriles is 1. The van der Waals surface area contributed by atoms with Gasteiger partial charge >= 0.3 is 5.97 Å². The van der Waals surface area contributed by atoms with E-state index < -0.39 is 30.4 Å². The lowest BCUT2D eigenvalue weighted by atomic mass is 10.0. The number of rotatable bonds is 8. The van der Waals surface area contributed by atoms with Crippen LogP contribution in [0.3, 0.4) is 0 Å². The van der Waals surface area contributed by atoms with Gasteiger partial charge in [0, 0.05) is 5.56 Å². The molecule has 1 atom stereocenters. The van der Waals surface area contributed by atoms with Gasteiger partial charge in [0.2, 0.25) is 5.88 Å². The number of carbonyl (C=O) groups is 3. The summed E-state index contributed by atoms with van der Waals surface area (Å²) < 4.78 is 10.5. The molecule has 3 aromatic rings. The lowest BCUT2D eigenvalue weighted by molar-refractivity contribution is -0.147. The number of hydrogen-bond acceptors (Lipinski definition) is 6. The van der Waals surface area contributed by atoms with Crippen molar-refractivity contribution in [2.75, 3.05) is 11.9 Å². The Kier molecular flexibility index (Phi) is 8.06. The number of furan rings is 1. The summed E-state index contributed by atoms with van der Waals surface area (Å²) in [6.07, 6.45) is -0.212. The molecule has 174 valence electrons. The van der Waals surface area contributed by atoms with E-state index in [2.05, 4.69) is 10.6 Å². The van der Waals surface area contributed by atoms with Crippen molar-refractivity contribution < 1.29 is 23.5 Å². The van der Waals surface area contributed by atoms with Gasteiger partial charge in [-0.25, -0.2) is 0 Å². The molecular formula is C25H22ClN3O5. The maximum Gasteiger partial charge on any atom is 0.308 e. The van der Waals surface area contributed by atoms with Crippen LogP contribution < -0.4 is 10.6 Å². The summed E-state index contributed by atoms with van der Waals surface area (Å²) >= 11 is 6.11. The second-order valence-corrected chi connectivity index (χ2v) is 7.84. The molecule has 0 fully saturated rings. The fraction of sp³-hybridized carbons (Fsp3) is 0.200. The summed E-state index contributed by atoms with van der Waals surface area (Å²) in [5.74, 6) is -1.29. The first-order chi connectivity index (χ1) is 16.3. The predicted molar refractivity (Wildman–Crippen MR) is 125 cm³/mol. The van der Waals surface area contributed by atoms with E-state index in [1.807, 2.05) is 12.1 Å². The second-order valence-electron chi connectivity index (χ2n) is 7.43. The third kappa shape index (κ3) is 6.03. The molecule has 1 unspecified atom stereocenters. The Bertz CT molecular complexity index is 1250. The van der Waals surface area contributed by atoms with Crippen LogP contribution in [-0.2, 0) is 14.3 Å². The SMILES string of the molecule is Cc1oc(NC(=O)COC(=O)CC(NC(=O)c2ccccc2Cl)c2ccccc2)c(C#N)c1C. The monoisotopic (exact) mass is 479 g/mol. The van der Waals surface area contributed by atoms with Gasteiger partial charge in [0.15, 0.2) is 6.61 Å². The van der Waals surface area contributed by atoms with E-state index in [1.165, 1.54) is 0 Å². The Labute approximate surface area is 201 Å². The molecule has 0 spiro atoms. The molecule has 0 aliphatic carbocycles. The number of anilines is 1. The summed E-state index contributed by atoms with van der Waals surface area (Å²) in [5, 5.41) is 14.7. The van der Waals surface area contributed by atoms with Gasteiger partial charge in [-0.3, -0.25) is 19.7 Å². The Morgan fingerprint density at radius 2 is 1.76 bits per heavy atom. The van der Waals surface area contributed by atoms with E-state index in [-0.39, 0.29) is 28.5 Å². The van der Waals surface area contributed by atoms with Gasteiger partial charge in [-0.15, -0.1) is 0 Å². The van der Waals surface area contributed by atoms with Crippen molar-refractivity contribution in [1.29, 1.82) is 5.26 Å². The number of esters is 1. The van der Waals surface area contributed by atoms with E-state index in [1.54, 1.807) is 62.4 Å². The van der Waals surface area contributed by atoms with E-state index in [4.69, 9.17) is 20.8 Å². The van der Waals surface area contributed by atoms with Gasteiger partial charge in [0.05, 0.1) is 23.0 Å². The molecule has 0 aliphatic rings. The van der Waals surface area contributed by atoms with Gasteiger partial charge in [-0.05, 0) is 31.5 Å². The number of carbonyl (C=O) groups excluding carboxylic acids is 3. The van der Waals surface area contributed by atoms with Crippen molar-refractivity contribution in [2.45, 2.75) is 26.3 Å². The summed E-state index contributed by atoms with van der Waals surface area (Å²) in [5.41, 5.74) is 1.79. The van der Waals surface area contributed by atoms with Crippen molar-refractivity contribution in [1.82, 2.24) is 5.32 Å². The van der Waals surface area contributed by atoms with Crippen LogP contribution in [0.25, 0.3) is 0 Å². The molecule has 2 aromatic carbocycles. The number of nitrogens with zero attached hydrogens (tertiary/aromatic N) is 1. The fourth-order valence-corrected chi connectivity index (χ4v) is 3.42. The molecule has 0 aliphatic heterocycles. The number of halogens is 1. The van der Waals surface area contributed by atoms with Crippen LogP contribution in [0.2, 0.25) is 5.02 Å². The van der Waals surface area contributed by atoms with Gasteiger partial charge in [0.1, 0.15) is 17.4 Å². The number of ether oxygens (including phenoxy) is 1. The molecule has 0 saturated carbocycles. The summed E-state index contributed by atoms with van der Waals surface area (Å²) in [7, 11) is 0. The van der Waals surface area contributed by atoms with Crippen molar-refractivity contribution in [2.24, 2.45) is 0 Å². The molecule has 34 heavy (non-hydrogen) atoms. The first-order valence-electron chi connectivity index (χ1n) is 10.4. The Morgan fingerprint density at radius 1 is 1.09 bits per heavy atom. The molecule has 0 bridgehead atoms. The second kappa shape index (κ2) is 11.2. The Balaban J connectivity index is 1.64. The van der Waals surface area contributed by atoms with Crippen LogP contribution in [0.4, 0.5) is 5.88 Å². The molecule has 9 heteroatoms. The normalized spacial score (nSPS) is 11.2. The fourth-order valence-electron chi connectivity index (χ4n) is 3.20. The van der Waals surface area contributed by atoms with Gasteiger partial charge in [-0.2, -0.15) is 5.26 Å². The Hall–Kier alpha value is -4.09. The van der Waals surface area contributed by atoms with Crippen LogP contribution in [0, 0.1) is 25.2 Å². The minimum absolute atomic E-state index is 0.00714. The molecular weight excluding hydrogens is 458 g/mol. The zero-order valence-electron chi connectivity index (χ0n) is 18.6. The zero-order chi connectivity index (χ0) is 24.7. The highest BCUT2D eigenvalue weighted by Crippen LogP contribution is 2.25. The van der Waals surface area contributed by atoms with E-state index in [0.717, 1.165) is 0 Å². The smallest absolute Gasteiger partial charge is 0.308 e. The Morgan fingerprint density at radius 3 is 2.44 bits per heavy atom. The maximum absolute atomic E-state index is 12.7. The van der Waals surface area contributed by atoms with Crippen LogP contribution in [0.15, 0.2) is 59.0 Å². The quantitative estimate of drug-likeness (QED) is 0.460. The van der Waals surface area contributed by atoms with Crippen LogP contribution in [0.5, 0.6) is 0 Å². The van der Waals surface area contributed by atoms with Crippen molar-refractivity contribution in [3.05, 3.63) is 87.6 Å². The minimum Gasteiger partial charge on any atom is -0.455 e. The van der Waals surface area contributed by atoms with E-state index in [0.29, 0.717) is 16.9 Å². The van der Waals surface area contributed by atoms with E-state index in [9.17, 15) is 19.6 Å². The highest BCUT2D eigenvalue weighted by atomic mass is 35.5. The van der Waals surface area contributed by atoms with Crippen LogP contribution in [-0.4, -0.2) is 24.4 Å². The average molecular weight is 480 g/mol. The topological polar surface area (TPSA) is 121 Å². The lowest BCUT2D eigenvalue weighted by Crippen LogP contribution is -2.31. The molecule has 2 N–H and O–H groups in total. The standard InChI is InChI=1S/C25H22ClN3O5/c1-15-16(2)34-25(19(15)13-27)29-22(30)14-33-23(31)12-21(17-8-4-3-5-9-17)28-24(32)18-10-6-7-11-20(18)26/h3-11,21H,12,14H2,1-2H3,(H,28,32)(H,29,30). The first-order valence-corrected chi connectivity index (χ1v) is 10.7. The zero-order valence-corrected chi connectivity index (χ0v) is 19.3. The van der Waals surface area contributed by atoms with Gasteiger partial charge in [-0.1, -0.05) is 54.1 Å². The minimum atomic E-state index is -0.707. The third-order valence-electron chi connectivity index (χ3n) is 5.11. The summed E-state index contributed by atoms with van der Waals surface area (Å²) in [4.78, 5) is 37.5. The number of benzene rings is 2. The van der Waals surface area contributed by atoms with E-state index >= 15 is 0 Å². The first kappa shape index (κ1) is 24.6. The van der Waals surface area contributed by atoms with Crippen molar-refractivity contribution >= 4 is 35.3 Å². The van der Waals surface area contributed by atoms with Gasteiger partial charge in [0.25, 0.3) is 11.8 Å². The molecule has 0 saturated heterocycles. The van der Waals surface area contributed by atoms with Gasteiger partial charge < -0.3 is 14.5 Å².